The fourth-order valence-electron chi connectivity index (χ4n) is 6.81. The number of phenolic OH excluding ortho intramolecular Hbond substituents is 1. The monoisotopic (exact) mass is 689 g/mol. The van der Waals surface area contributed by atoms with Gasteiger partial charge in [-0.3, -0.25) is 14.5 Å². The number of hydrogen-bond donors (Lipinski definition) is 6. The Kier molecular flexibility index (Phi) is 11.5. The summed E-state index contributed by atoms with van der Waals surface area (Å²) in [4.78, 5) is 43.6. The molecule has 0 radical (unpaired) electrons. The number of phenols is 1. The zero-order valence-corrected chi connectivity index (χ0v) is 28.3. The van der Waals surface area contributed by atoms with Gasteiger partial charge in [0.2, 0.25) is 5.56 Å². The molecule has 0 bridgehead atoms. The molecule has 1 saturated heterocycles. The van der Waals surface area contributed by atoms with Crippen molar-refractivity contribution >= 4 is 28.5 Å². The largest absolute Gasteiger partial charge is 0.506 e. The predicted octanol–water partition coefficient (Wildman–Crippen LogP) is 5.15. The molecule has 4 aromatic carbocycles. The molecule has 1 aliphatic heterocycles. The summed E-state index contributed by atoms with van der Waals surface area (Å²) < 4.78 is 0. The first-order valence-corrected chi connectivity index (χ1v) is 17.2. The molecule has 6 N–H and O–H groups in total. The number of aliphatic hydroxyl groups is 1. The third-order valence-electron chi connectivity index (χ3n) is 9.45. The highest BCUT2D eigenvalue weighted by molar-refractivity contribution is 5.97. The van der Waals surface area contributed by atoms with Crippen LogP contribution in [-0.4, -0.2) is 82.4 Å². The number of pyridine rings is 1. The number of rotatable bonds is 14. The van der Waals surface area contributed by atoms with E-state index in [1.807, 2.05) is 72.8 Å². The molecule has 0 unspecified atom stereocenters. The van der Waals surface area contributed by atoms with E-state index in [9.17, 15) is 29.7 Å². The first kappa shape index (κ1) is 35.5. The van der Waals surface area contributed by atoms with Gasteiger partial charge >= 0.3 is 6.09 Å². The Morgan fingerprint density at radius 3 is 2.45 bits per heavy atom. The molecule has 0 aliphatic carbocycles. The standard InChI is InChI=1S/C40H43N5O6/c46-35-15-13-32(33-14-16-38(49)43-39(33)35)37(48)26-42-24-27-7-6-10-29(23-27)36(47)25-41-19-22-44-20-17-30(18-21-44)45(40(50)51)34-12-5-4-11-31(34)28-8-2-1-3-9-28/h1-16,23,30,37,41-42,46,48H,17-22,24-26H2,(H,43,49)(H,50,51)/t37-/m0/s1. The van der Waals surface area contributed by atoms with E-state index in [1.165, 1.54) is 17.0 Å². The van der Waals surface area contributed by atoms with Gasteiger partial charge in [-0.25, -0.2) is 4.79 Å². The van der Waals surface area contributed by atoms with Crippen molar-refractivity contribution in [3.63, 3.8) is 0 Å². The molecular weight excluding hydrogens is 646 g/mol. The number of Topliss-reactive ketones (excluding diaryl/α,β-unsaturated/α-hetero) is 1. The molecule has 1 atom stereocenters. The Morgan fingerprint density at radius 1 is 0.902 bits per heavy atom. The van der Waals surface area contributed by atoms with Crippen molar-refractivity contribution in [2.75, 3.05) is 44.2 Å². The van der Waals surface area contributed by atoms with E-state index in [2.05, 4.69) is 20.5 Å². The number of anilines is 1. The lowest BCUT2D eigenvalue weighted by Crippen LogP contribution is -2.48. The second-order valence-electron chi connectivity index (χ2n) is 12.8. The molecular formula is C40H43N5O6. The molecule has 2 heterocycles. The summed E-state index contributed by atoms with van der Waals surface area (Å²) in [5, 5.41) is 38.3. The van der Waals surface area contributed by atoms with Crippen molar-refractivity contribution in [2.45, 2.75) is 31.5 Å². The molecule has 5 aromatic rings. The maximum absolute atomic E-state index is 13.0. The highest BCUT2D eigenvalue weighted by atomic mass is 16.4. The van der Waals surface area contributed by atoms with Gasteiger partial charge in [-0.1, -0.05) is 72.8 Å². The summed E-state index contributed by atoms with van der Waals surface area (Å²) in [7, 11) is 0. The van der Waals surface area contributed by atoms with Gasteiger partial charge < -0.3 is 35.8 Å². The van der Waals surface area contributed by atoms with Crippen LogP contribution in [0.1, 0.15) is 40.4 Å². The summed E-state index contributed by atoms with van der Waals surface area (Å²) in [6, 6.07) is 30.8. The number of H-pyrrole nitrogens is 1. The number of carbonyl (C=O) groups is 2. The molecule has 1 aromatic heterocycles. The van der Waals surface area contributed by atoms with Crippen LogP contribution in [0.5, 0.6) is 5.75 Å². The van der Waals surface area contributed by atoms with Gasteiger partial charge in [-0.2, -0.15) is 0 Å². The van der Waals surface area contributed by atoms with Crippen LogP contribution in [0.2, 0.25) is 0 Å². The molecule has 0 saturated carbocycles. The Morgan fingerprint density at radius 2 is 1.67 bits per heavy atom. The van der Waals surface area contributed by atoms with E-state index in [4.69, 9.17) is 0 Å². The van der Waals surface area contributed by atoms with Gasteiger partial charge in [0.15, 0.2) is 5.78 Å². The quantitative estimate of drug-likeness (QED) is 0.0686. The minimum Gasteiger partial charge on any atom is -0.506 e. The lowest BCUT2D eigenvalue weighted by atomic mass is 9.98. The molecule has 6 rings (SSSR count). The number of aromatic nitrogens is 1. The summed E-state index contributed by atoms with van der Waals surface area (Å²) in [6.45, 7) is 3.79. The number of amides is 1. The number of hydrogen-bond acceptors (Lipinski definition) is 8. The smallest absolute Gasteiger partial charge is 0.412 e. The van der Waals surface area contributed by atoms with E-state index < -0.39 is 12.2 Å². The van der Waals surface area contributed by atoms with Crippen molar-refractivity contribution in [3.05, 3.63) is 130 Å². The van der Waals surface area contributed by atoms with Gasteiger partial charge in [0.05, 0.1) is 23.9 Å². The van der Waals surface area contributed by atoms with Gasteiger partial charge in [0, 0.05) is 67.9 Å². The molecule has 51 heavy (non-hydrogen) atoms. The highest BCUT2D eigenvalue weighted by Crippen LogP contribution is 2.34. The zero-order chi connectivity index (χ0) is 35.7. The molecule has 11 heteroatoms. The number of ketones is 1. The maximum Gasteiger partial charge on any atom is 0.412 e. The first-order valence-electron chi connectivity index (χ1n) is 17.2. The van der Waals surface area contributed by atoms with E-state index in [-0.39, 0.29) is 41.7 Å². The first-order chi connectivity index (χ1) is 24.8. The SMILES string of the molecule is O=C(CNCCN1CCC(N(C(=O)O)c2ccccc2-c2ccccc2)CC1)c1cccc(CNC[C@H](O)c2ccc(O)c3[nH]c(=O)ccc23)c1. The number of aliphatic hydroxyl groups excluding tert-OH is 1. The number of para-hydroxylation sites is 1. The van der Waals surface area contributed by atoms with Crippen molar-refractivity contribution in [1.82, 2.24) is 20.5 Å². The number of benzene rings is 4. The van der Waals surface area contributed by atoms with Crippen molar-refractivity contribution in [3.8, 4) is 16.9 Å². The Bertz CT molecular complexity index is 2030. The molecule has 264 valence electrons. The molecule has 1 fully saturated rings. The van der Waals surface area contributed by atoms with Crippen molar-refractivity contribution < 1.29 is 24.9 Å². The molecule has 1 amide bonds. The fourth-order valence-corrected chi connectivity index (χ4v) is 6.81. The number of carbonyl (C=O) groups excluding carboxylic acids is 1. The third-order valence-corrected chi connectivity index (χ3v) is 9.45. The van der Waals surface area contributed by atoms with Gasteiger partial charge in [-0.05, 0) is 53.8 Å². The van der Waals surface area contributed by atoms with Crippen LogP contribution < -0.4 is 21.1 Å². The van der Waals surface area contributed by atoms with E-state index in [0.29, 0.717) is 35.3 Å². The second-order valence-corrected chi connectivity index (χ2v) is 12.8. The molecule has 1 aliphatic rings. The van der Waals surface area contributed by atoms with Crippen LogP contribution >= 0.6 is 0 Å². The lowest BCUT2D eigenvalue weighted by Gasteiger charge is -2.38. The van der Waals surface area contributed by atoms with Gasteiger partial charge in [-0.15, -0.1) is 0 Å². The van der Waals surface area contributed by atoms with E-state index in [1.54, 1.807) is 18.2 Å². The Labute approximate surface area is 296 Å². The zero-order valence-electron chi connectivity index (χ0n) is 28.3. The van der Waals surface area contributed by atoms with E-state index >= 15 is 0 Å². The fraction of sp³-hybridized carbons (Fsp3) is 0.275. The Hall–Kier alpha value is -5.33. The normalized spacial score (nSPS) is 14.4. The number of fused-ring (bicyclic) bond motifs is 1. The number of nitrogens with zero attached hydrogens (tertiary/aromatic N) is 2. The third kappa shape index (κ3) is 8.70. The van der Waals surface area contributed by atoms with Crippen LogP contribution in [0, 0.1) is 0 Å². The maximum atomic E-state index is 13.0. The topological polar surface area (TPSA) is 158 Å². The van der Waals surface area contributed by atoms with Crippen LogP contribution in [0.25, 0.3) is 22.0 Å². The number of aromatic hydroxyl groups is 1. The van der Waals surface area contributed by atoms with E-state index in [0.717, 1.165) is 49.2 Å². The van der Waals surface area contributed by atoms with Crippen LogP contribution in [0.3, 0.4) is 0 Å². The highest BCUT2D eigenvalue weighted by Gasteiger charge is 2.30. The number of carboxylic acid groups (broad SMARTS) is 1. The number of piperidine rings is 1. The number of likely N-dealkylation sites (tertiary alicyclic amines) is 1. The lowest BCUT2D eigenvalue weighted by molar-refractivity contribution is 0.0989. The Balaban J connectivity index is 0.944. The average Bonchev–Trinajstić information content (AvgIpc) is 3.15. The summed E-state index contributed by atoms with van der Waals surface area (Å²) >= 11 is 0. The summed E-state index contributed by atoms with van der Waals surface area (Å²) in [5.74, 6) is -0.0805. The summed E-state index contributed by atoms with van der Waals surface area (Å²) in [5.41, 5.74) is 4.61. The minimum absolute atomic E-state index is 0.0191. The van der Waals surface area contributed by atoms with Crippen molar-refractivity contribution in [1.29, 1.82) is 0 Å². The van der Waals surface area contributed by atoms with Crippen molar-refractivity contribution in [2.24, 2.45) is 0 Å². The minimum atomic E-state index is -0.947. The molecule has 0 spiro atoms. The average molecular weight is 690 g/mol. The summed E-state index contributed by atoms with van der Waals surface area (Å²) in [6.07, 6.45) is -0.389. The number of aromatic amines is 1. The van der Waals surface area contributed by atoms with Gasteiger partial charge in [0.1, 0.15) is 5.75 Å². The van der Waals surface area contributed by atoms with Crippen LogP contribution in [0.15, 0.2) is 108 Å². The van der Waals surface area contributed by atoms with Gasteiger partial charge in [0.25, 0.3) is 0 Å². The second kappa shape index (κ2) is 16.6. The number of nitrogens with one attached hydrogen (secondary N) is 3. The predicted molar refractivity (Wildman–Crippen MR) is 198 cm³/mol. The molecule has 11 nitrogen and oxygen atoms in total. The van der Waals surface area contributed by atoms with Crippen LogP contribution in [0.4, 0.5) is 10.5 Å². The van der Waals surface area contributed by atoms with Crippen LogP contribution in [-0.2, 0) is 6.54 Å².